The molecule has 0 spiro atoms. The molecule has 1 amide bonds. The molecule has 3 N–H and O–H groups in total. The fraction of sp³-hybridized carbons (Fsp3) is 0.150. The van der Waals surface area contributed by atoms with Crippen LogP contribution in [0.25, 0.3) is 5.82 Å². The summed E-state index contributed by atoms with van der Waals surface area (Å²) >= 11 is 0. The van der Waals surface area contributed by atoms with Crippen LogP contribution in [-0.2, 0) is 19.0 Å². The maximum atomic E-state index is 12.8. The van der Waals surface area contributed by atoms with E-state index in [0.717, 1.165) is 22.3 Å². The van der Waals surface area contributed by atoms with Gasteiger partial charge in [-0.1, -0.05) is 30.3 Å². The zero-order valence-corrected chi connectivity index (χ0v) is 15.0. The predicted octanol–water partition coefficient (Wildman–Crippen LogP) is 2.84. The Balaban J connectivity index is 2.10. The van der Waals surface area contributed by atoms with E-state index in [1.807, 2.05) is 30.3 Å². The van der Waals surface area contributed by atoms with Gasteiger partial charge in [-0.05, 0) is 30.5 Å². The molecule has 0 fully saturated rings. The maximum Gasteiger partial charge on any atom is 0.417 e. The SMILES string of the molecule is NC(=O)c1c(O)cc(CCc2ccccc2)n(-c2ccc(C(F)(F)F)cn2)c1=O. The maximum absolute atomic E-state index is 12.8. The second-order valence-electron chi connectivity index (χ2n) is 6.29. The number of aromatic nitrogens is 2. The Hall–Kier alpha value is -3.62. The number of benzene rings is 1. The van der Waals surface area contributed by atoms with Crippen LogP contribution in [0.1, 0.15) is 27.2 Å². The second-order valence-corrected chi connectivity index (χ2v) is 6.29. The molecular formula is C20H16F3N3O3. The van der Waals surface area contributed by atoms with E-state index < -0.39 is 34.5 Å². The molecule has 29 heavy (non-hydrogen) atoms. The number of carbonyl (C=O) groups excluding carboxylic acids is 1. The Labute approximate surface area is 163 Å². The van der Waals surface area contributed by atoms with Gasteiger partial charge < -0.3 is 10.8 Å². The van der Waals surface area contributed by atoms with Crippen molar-refractivity contribution in [2.24, 2.45) is 5.73 Å². The number of hydrogen-bond donors (Lipinski definition) is 2. The zero-order valence-electron chi connectivity index (χ0n) is 15.0. The summed E-state index contributed by atoms with van der Waals surface area (Å²) in [7, 11) is 0. The lowest BCUT2D eigenvalue weighted by atomic mass is 10.1. The molecular weight excluding hydrogens is 387 g/mol. The first-order chi connectivity index (χ1) is 13.7. The highest BCUT2D eigenvalue weighted by molar-refractivity contribution is 5.95. The summed E-state index contributed by atoms with van der Waals surface area (Å²) in [6.07, 6.45) is -3.25. The molecule has 0 saturated carbocycles. The number of nitrogens with two attached hydrogens (primary N) is 1. The molecule has 6 nitrogen and oxygen atoms in total. The lowest BCUT2D eigenvalue weighted by Gasteiger charge is -2.15. The minimum atomic E-state index is -4.58. The van der Waals surface area contributed by atoms with E-state index in [1.165, 1.54) is 6.07 Å². The van der Waals surface area contributed by atoms with Crippen molar-refractivity contribution < 1.29 is 23.1 Å². The van der Waals surface area contributed by atoms with E-state index in [2.05, 4.69) is 4.98 Å². The molecule has 0 aliphatic heterocycles. The topological polar surface area (TPSA) is 98.2 Å². The number of alkyl halides is 3. The van der Waals surface area contributed by atoms with Crippen molar-refractivity contribution in [2.45, 2.75) is 19.0 Å². The van der Waals surface area contributed by atoms with E-state index in [9.17, 15) is 27.9 Å². The monoisotopic (exact) mass is 403 g/mol. The van der Waals surface area contributed by atoms with Crippen LogP contribution in [0.5, 0.6) is 5.75 Å². The molecule has 0 bridgehead atoms. The summed E-state index contributed by atoms with van der Waals surface area (Å²) in [5, 5.41) is 10.1. The molecule has 0 radical (unpaired) electrons. The summed E-state index contributed by atoms with van der Waals surface area (Å²) in [5.74, 6) is -1.86. The number of nitrogens with zero attached hydrogens (tertiary/aromatic N) is 2. The number of aromatic hydroxyl groups is 1. The molecule has 3 rings (SSSR count). The lowest BCUT2D eigenvalue weighted by Crippen LogP contribution is -2.31. The van der Waals surface area contributed by atoms with E-state index in [-0.39, 0.29) is 17.9 Å². The average molecular weight is 403 g/mol. The summed E-state index contributed by atoms with van der Waals surface area (Å²) in [5.41, 5.74) is 3.81. The van der Waals surface area contributed by atoms with Crippen molar-refractivity contribution in [3.05, 3.63) is 87.5 Å². The molecule has 150 valence electrons. The van der Waals surface area contributed by atoms with Gasteiger partial charge in [0.1, 0.15) is 17.1 Å². The largest absolute Gasteiger partial charge is 0.507 e. The van der Waals surface area contributed by atoms with Crippen LogP contribution in [0.15, 0.2) is 59.5 Å². The quantitative estimate of drug-likeness (QED) is 0.684. The van der Waals surface area contributed by atoms with Crippen LogP contribution >= 0.6 is 0 Å². The molecule has 2 heterocycles. The number of rotatable bonds is 5. The standard InChI is InChI=1S/C20H16F3N3O3/c21-20(22,23)13-7-9-16(25-11-13)26-14(8-6-12-4-2-1-3-5-12)10-15(27)17(18(24)28)19(26)29/h1-5,7,9-11,27H,6,8H2,(H2,24,28). The third kappa shape index (κ3) is 4.29. The molecule has 0 saturated heterocycles. The fourth-order valence-electron chi connectivity index (χ4n) is 2.92. The van der Waals surface area contributed by atoms with Crippen LogP contribution < -0.4 is 11.3 Å². The van der Waals surface area contributed by atoms with Crippen LogP contribution in [0.2, 0.25) is 0 Å². The third-order valence-corrected chi connectivity index (χ3v) is 4.33. The normalized spacial score (nSPS) is 11.4. The van der Waals surface area contributed by atoms with Gasteiger partial charge in [0.25, 0.3) is 11.5 Å². The van der Waals surface area contributed by atoms with Gasteiger partial charge in [0.15, 0.2) is 0 Å². The van der Waals surface area contributed by atoms with E-state index >= 15 is 0 Å². The molecule has 0 atom stereocenters. The van der Waals surface area contributed by atoms with Crippen molar-refractivity contribution in [3.8, 4) is 11.6 Å². The van der Waals surface area contributed by atoms with Crippen molar-refractivity contribution in [2.75, 3.05) is 0 Å². The number of carbonyl (C=O) groups is 1. The van der Waals surface area contributed by atoms with E-state index in [0.29, 0.717) is 12.6 Å². The molecule has 0 aliphatic carbocycles. The first kappa shape index (κ1) is 20.1. The van der Waals surface area contributed by atoms with Crippen LogP contribution in [0.4, 0.5) is 13.2 Å². The zero-order chi connectivity index (χ0) is 21.2. The highest BCUT2D eigenvalue weighted by atomic mass is 19.4. The van der Waals surface area contributed by atoms with Crippen LogP contribution in [0.3, 0.4) is 0 Å². The van der Waals surface area contributed by atoms with Gasteiger partial charge in [0.2, 0.25) is 0 Å². The number of hydrogen-bond acceptors (Lipinski definition) is 4. The highest BCUT2D eigenvalue weighted by Gasteiger charge is 2.31. The number of primary amides is 1. The van der Waals surface area contributed by atoms with Crippen molar-refractivity contribution >= 4 is 5.91 Å². The molecule has 1 aromatic carbocycles. The molecule has 9 heteroatoms. The van der Waals surface area contributed by atoms with Gasteiger partial charge in [-0.25, -0.2) is 4.98 Å². The summed E-state index contributed by atoms with van der Waals surface area (Å²) < 4.78 is 39.4. The minimum absolute atomic E-state index is 0.117. The predicted molar refractivity (Wildman–Crippen MR) is 98.9 cm³/mol. The van der Waals surface area contributed by atoms with Gasteiger partial charge >= 0.3 is 6.18 Å². The third-order valence-electron chi connectivity index (χ3n) is 4.33. The Morgan fingerprint density at radius 3 is 2.34 bits per heavy atom. The average Bonchev–Trinajstić information content (AvgIpc) is 2.66. The highest BCUT2D eigenvalue weighted by Crippen LogP contribution is 2.29. The Morgan fingerprint density at radius 1 is 1.10 bits per heavy atom. The molecule has 0 unspecified atom stereocenters. The Morgan fingerprint density at radius 2 is 1.79 bits per heavy atom. The minimum Gasteiger partial charge on any atom is -0.507 e. The van der Waals surface area contributed by atoms with E-state index in [4.69, 9.17) is 5.73 Å². The van der Waals surface area contributed by atoms with Gasteiger partial charge in [0, 0.05) is 18.0 Å². The smallest absolute Gasteiger partial charge is 0.417 e. The number of aryl methyl sites for hydroxylation is 2. The Bertz CT molecular complexity index is 1090. The van der Waals surface area contributed by atoms with E-state index in [1.54, 1.807) is 0 Å². The van der Waals surface area contributed by atoms with Gasteiger partial charge in [-0.3, -0.25) is 14.2 Å². The van der Waals surface area contributed by atoms with Gasteiger partial charge in [0.05, 0.1) is 5.56 Å². The first-order valence-electron chi connectivity index (χ1n) is 8.53. The fourth-order valence-corrected chi connectivity index (χ4v) is 2.92. The number of halogens is 3. The lowest BCUT2D eigenvalue weighted by molar-refractivity contribution is -0.137. The number of pyridine rings is 2. The second kappa shape index (κ2) is 7.78. The summed E-state index contributed by atoms with van der Waals surface area (Å²) in [4.78, 5) is 28.1. The summed E-state index contributed by atoms with van der Waals surface area (Å²) in [6.45, 7) is 0. The molecule has 0 aliphatic rings. The Kier molecular flexibility index (Phi) is 5.40. The van der Waals surface area contributed by atoms with Crippen molar-refractivity contribution in [1.82, 2.24) is 9.55 Å². The van der Waals surface area contributed by atoms with Gasteiger partial charge in [-0.2, -0.15) is 13.2 Å². The van der Waals surface area contributed by atoms with Crippen LogP contribution in [0, 0.1) is 0 Å². The van der Waals surface area contributed by atoms with Gasteiger partial charge in [-0.15, -0.1) is 0 Å². The molecule has 3 aromatic rings. The van der Waals surface area contributed by atoms with Crippen molar-refractivity contribution in [3.63, 3.8) is 0 Å². The van der Waals surface area contributed by atoms with Crippen molar-refractivity contribution in [1.29, 1.82) is 0 Å². The van der Waals surface area contributed by atoms with Crippen LogP contribution in [-0.4, -0.2) is 20.6 Å². The number of amides is 1. The first-order valence-corrected chi connectivity index (χ1v) is 8.53. The molecule has 2 aromatic heterocycles. The summed E-state index contributed by atoms with van der Waals surface area (Å²) in [6, 6.07) is 12.3.